The number of hydrogen-bond donors (Lipinski definition) is 1. The van der Waals surface area contributed by atoms with E-state index in [9.17, 15) is 4.79 Å². The Hall–Kier alpha value is -1.55. The van der Waals surface area contributed by atoms with Gasteiger partial charge in [0.2, 0.25) is 0 Å². The molecule has 2 heterocycles. The topological polar surface area (TPSA) is 54.6 Å². The molecule has 0 unspecified atom stereocenters. The number of fused-ring (bicyclic) bond motifs is 1. The van der Waals surface area contributed by atoms with Crippen molar-refractivity contribution in [2.75, 3.05) is 0 Å². The quantitative estimate of drug-likeness (QED) is 0.784. The van der Waals surface area contributed by atoms with Crippen molar-refractivity contribution in [2.24, 2.45) is 0 Å². The van der Waals surface area contributed by atoms with Gasteiger partial charge in [0, 0.05) is 12.4 Å². The lowest BCUT2D eigenvalue weighted by Gasteiger charge is -1.92. The van der Waals surface area contributed by atoms with Crippen molar-refractivity contribution in [3.8, 4) is 0 Å². The lowest BCUT2D eigenvalue weighted by atomic mass is 10.3. The molecule has 2 aromatic rings. The number of aryl methyl sites for hydroxylation is 1. The first-order chi connectivity index (χ1) is 6.16. The van der Waals surface area contributed by atoms with Crippen LogP contribution in [0.1, 0.15) is 16.1 Å². The number of halogens is 1. The van der Waals surface area contributed by atoms with Crippen LogP contribution in [-0.4, -0.2) is 20.5 Å². The van der Waals surface area contributed by atoms with Gasteiger partial charge in [-0.25, -0.2) is 9.78 Å². The summed E-state index contributed by atoms with van der Waals surface area (Å²) in [5.41, 5.74) is 1.80. The Balaban J connectivity index is 0.000000980. The minimum absolute atomic E-state index is 0. The first kappa shape index (κ1) is 10.5. The Morgan fingerprint density at radius 2 is 2.14 bits per heavy atom. The first-order valence-electron chi connectivity index (χ1n) is 3.85. The summed E-state index contributed by atoms with van der Waals surface area (Å²) in [6.07, 6.45) is 3.35. The summed E-state index contributed by atoms with van der Waals surface area (Å²) in [5.74, 6) is -0.999. The fourth-order valence-corrected chi connectivity index (χ4v) is 1.21. The molecule has 0 amide bonds. The minimum atomic E-state index is -0.999. The standard InChI is InChI=1S/C9H8N2O2.ClH/c1-6-2-3-8-10-7(9(12)13)5-11(8)4-6;/h2-5H,1H3,(H,12,13);1H. The molecule has 4 nitrogen and oxygen atoms in total. The molecule has 0 atom stereocenters. The first-order valence-corrected chi connectivity index (χ1v) is 3.85. The van der Waals surface area contributed by atoms with Gasteiger partial charge >= 0.3 is 5.97 Å². The second kappa shape index (κ2) is 3.67. The van der Waals surface area contributed by atoms with Gasteiger partial charge in [-0.05, 0) is 18.6 Å². The van der Waals surface area contributed by atoms with Gasteiger partial charge in [-0.3, -0.25) is 0 Å². The third-order valence-electron chi connectivity index (χ3n) is 1.82. The van der Waals surface area contributed by atoms with Crippen LogP contribution in [-0.2, 0) is 0 Å². The van der Waals surface area contributed by atoms with E-state index in [0.29, 0.717) is 5.65 Å². The van der Waals surface area contributed by atoms with Crippen LogP contribution in [0.5, 0.6) is 0 Å². The maximum atomic E-state index is 10.6. The number of aromatic carboxylic acids is 1. The predicted octanol–water partition coefficient (Wildman–Crippen LogP) is 1.76. The van der Waals surface area contributed by atoms with Gasteiger partial charge in [-0.2, -0.15) is 0 Å². The number of carboxylic acid groups (broad SMARTS) is 1. The van der Waals surface area contributed by atoms with Crippen molar-refractivity contribution in [3.63, 3.8) is 0 Å². The lowest BCUT2D eigenvalue weighted by Crippen LogP contribution is -1.94. The Morgan fingerprint density at radius 1 is 1.43 bits per heavy atom. The number of nitrogens with zero attached hydrogens (tertiary/aromatic N) is 2. The Labute approximate surface area is 86.6 Å². The van der Waals surface area contributed by atoms with Crippen LogP contribution in [0.3, 0.4) is 0 Å². The third kappa shape index (κ3) is 1.70. The molecule has 0 fully saturated rings. The van der Waals surface area contributed by atoms with Crippen LogP contribution in [0.25, 0.3) is 5.65 Å². The van der Waals surface area contributed by atoms with Crippen molar-refractivity contribution in [1.29, 1.82) is 0 Å². The van der Waals surface area contributed by atoms with Crippen molar-refractivity contribution in [2.45, 2.75) is 6.92 Å². The smallest absolute Gasteiger partial charge is 0.356 e. The number of hydrogen-bond acceptors (Lipinski definition) is 2. The van der Waals surface area contributed by atoms with Crippen LogP contribution in [0.4, 0.5) is 0 Å². The van der Waals surface area contributed by atoms with E-state index in [1.165, 1.54) is 6.20 Å². The van der Waals surface area contributed by atoms with Crippen LogP contribution < -0.4 is 0 Å². The molecular weight excluding hydrogens is 204 g/mol. The lowest BCUT2D eigenvalue weighted by molar-refractivity contribution is 0.0691. The normalized spacial score (nSPS) is 9.79. The number of pyridine rings is 1. The second-order valence-electron chi connectivity index (χ2n) is 2.90. The molecule has 0 aliphatic heterocycles. The Kier molecular flexibility index (Phi) is 2.76. The Morgan fingerprint density at radius 3 is 2.79 bits per heavy atom. The maximum Gasteiger partial charge on any atom is 0.356 e. The average molecular weight is 213 g/mol. The van der Waals surface area contributed by atoms with Gasteiger partial charge in [0.25, 0.3) is 0 Å². The summed E-state index contributed by atoms with van der Waals surface area (Å²) < 4.78 is 1.71. The molecule has 14 heavy (non-hydrogen) atoms. The highest BCUT2D eigenvalue weighted by Gasteiger charge is 2.07. The molecule has 74 valence electrons. The zero-order valence-corrected chi connectivity index (χ0v) is 8.28. The summed E-state index contributed by atoms with van der Waals surface area (Å²) in [4.78, 5) is 14.5. The fraction of sp³-hybridized carbons (Fsp3) is 0.111. The zero-order chi connectivity index (χ0) is 9.42. The van der Waals surface area contributed by atoms with E-state index < -0.39 is 5.97 Å². The number of aromatic nitrogens is 2. The molecule has 2 rings (SSSR count). The molecule has 0 aliphatic carbocycles. The van der Waals surface area contributed by atoms with Crippen LogP contribution in [0.2, 0.25) is 0 Å². The van der Waals surface area contributed by atoms with Crippen LogP contribution in [0, 0.1) is 6.92 Å². The van der Waals surface area contributed by atoms with Crippen molar-refractivity contribution in [3.05, 3.63) is 35.8 Å². The van der Waals surface area contributed by atoms with Crippen LogP contribution in [0.15, 0.2) is 24.5 Å². The van der Waals surface area contributed by atoms with Gasteiger partial charge in [-0.15, -0.1) is 12.4 Å². The summed E-state index contributed by atoms with van der Waals surface area (Å²) in [7, 11) is 0. The SMILES string of the molecule is Cc1ccc2nc(C(=O)O)cn2c1.Cl. The molecule has 0 aliphatic rings. The molecule has 0 bridgehead atoms. The molecule has 0 spiro atoms. The maximum absolute atomic E-state index is 10.6. The highest BCUT2D eigenvalue weighted by molar-refractivity contribution is 5.86. The molecule has 0 aromatic carbocycles. The van der Waals surface area contributed by atoms with E-state index >= 15 is 0 Å². The number of imidazole rings is 1. The monoisotopic (exact) mass is 212 g/mol. The van der Waals surface area contributed by atoms with Crippen molar-refractivity contribution < 1.29 is 9.90 Å². The van der Waals surface area contributed by atoms with E-state index in [0.717, 1.165) is 5.56 Å². The van der Waals surface area contributed by atoms with Crippen molar-refractivity contribution >= 4 is 24.0 Å². The number of carbonyl (C=O) groups is 1. The second-order valence-corrected chi connectivity index (χ2v) is 2.90. The number of rotatable bonds is 1. The molecule has 2 aromatic heterocycles. The van der Waals surface area contributed by atoms with Gasteiger partial charge in [0.1, 0.15) is 5.65 Å². The van der Waals surface area contributed by atoms with Gasteiger partial charge in [0.05, 0.1) is 0 Å². The summed E-state index contributed by atoms with van der Waals surface area (Å²) in [6, 6.07) is 3.69. The van der Waals surface area contributed by atoms with Gasteiger partial charge in [0.15, 0.2) is 5.69 Å². The van der Waals surface area contributed by atoms with E-state index in [2.05, 4.69) is 4.98 Å². The van der Waals surface area contributed by atoms with Crippen molar-refractivity contribution in [1.82, 2.24) is 9.38 Å². The van der Waals surface area contributed by atoms with E-state index in [4.69, 9.17) is 5.11 Å². The summed E-state index contributed by atoms with van der Waals surface area (Å²) in [6.45, 7) is 1.94. The molecular formula is C9H9ClN2O2. The largest absolute Gasteiger partial charge is 0.476 e. The van der Waals surface area contributed by atoms with E-state index in [1.807, 2.05) is 19.2 Å². The minimum Gasteiger partial charge on any atom is -0.476 e. The molecule has 0 saturated carbocycles. The van der Waals surface area contributed by atoms with E-state index in [-0.39, 0.29) is 18.1 Å². The molecule has 1 N–H and O–H groups in total. The van der Waals surface area contributed by atoms with Gasteiger partial charge in [-0.1, -0.05) is 6.07 Å². The van der Waals surface area contributed by atoms with Gasteiger partial charge < -0.3 is 9.51 Å². The molecule has 0 radical (unpaired) electrons. The highest BCUT2D eigenvalue weighted by Crippen LogP contribution is 2.06. The predicted molar refractivity (Wildman–Crippen MR) is 54.1 cm³/mol. The summed E-state index contributed by atoms with van der Waals surface area (Å²) in [5, 5.41) is 8.68. The third-order valence-corrected chi connectivity index (χ3v) is 1.82. The fourth-order valence-electron chi connectivity index (χ4n) is 1.21. The zero-order valence-electron chi connectivity index (χ0n) is 7.47. The highest BCUT2D eigenvalue weighted by atomic mass is 35.5. The number of carboxylic acids is 1. The molecule has 5 heteroatoms. The molecule has 0 saturated heterocycles. The van der Waals surface area contributed by atoms with E-state index in [1.54, 1.807) is 10.5 Å². The average Bonchev–Trinajstić information content (AvgIpc) is 2.46. The summed E-state index contributed by atoms with van der Waals surface area (Å²) >= 11 is 0. The Bertz CT molecular complexity index is 479. The van der Waals surface area contributed by atoms with Crippen LogP contribution >= 0.6 is 12.4 Å².